The molecule has 0 aliphatic heterocycles. The predicted octanol–water partition coefficient (Wildman–Crippen LogP) is 1.93. The van der Waals surface area contributed by atoms with E-state index in [4.69, 9.17) is 5.26 Å². The maximum Gasteiger partial charge on any atom is 0.137 e. The molecule has 0 amide bonds. The lowest BCUT2D eigenvalue weighted by Gasteiger charge is -2.05. The molecule has 4 heteroatoms. The lowest BCUT2D eigenvalue weighted by Crippen LogP contribution is -2.00. The SMILES string of the molecule is CCNc1ncnc2ccc(C#N)cc12. The zero-order valence-electron chi connectivity index (χ0n) is 8.36. The zero-order chi connectivity index (χ0) is 10.7. The Bertz CT molecular complexity index is 528. The molecule has 0 atom stereocenters. The largest absolute Gasteiger partial charge is 0.370 e. The highest BCUT2D eigenvalue weighted by molar-refractivity contribution is 5.89. The quantitative estimate of drug-likeness (QED) is 0.800. The van der Waals surface area contributed by atoms with E-state index in [1.807, 2.05) is 13.0 Å². The molecule has 1 aromatic heterocycles. The fourth-order valence-corrected chi connectivity index (χ4v) is 1.43. The van der Waals surface area contributed by atoms with E-state index in [0.717, 1.165) is 23.3 Å². The lowest BCUT2D eigenvalue weighted by molar-refractivity contribution is 1.14. The number of anilines is 1. The first-order chi connectivity index (χ1) is 7.35. The number of rotatable bonds is 2. The highest BCUT2D eigenvalue weighted by atomic mass is 15.0. The summed E-state index contributed by atoms with van der Waals surface area (Å²) in [4.78, 5) is 8.28. The first-order valence-electron chi connectivity index (χ1n) is 4.74. The number of hydrogen-bond acceptors (Lipinski definition) is 4. The van der Waals surface area contributed by atoms with Crippen LogP contribution in [0, 0.1) is 11.3 Å². The van der Waals surface area contributed by atoms with Gasteiger partial charge in [0.2, 0.25) is 0 Å². The molecular weight excluding hydrogens is 188 g/mol. The molecule has 0 saturated carbocycles. The van der Waals surface area contributed by atoms with Crippen molar-refractivity contribution in [1.29, 1.82) is 5.26 Å². The van der Waals surface area contributed by atoms with Crippen molar-refractivity contribution in [2.24, 2.45) is 0 Å². The van der Waals surface area contributed by atoms with Crippen molar-refractivity contribution < 1.29 is 0 Å². The van der Waals surface area contributed by atoms with Crippen LogP contribution in [0.25, 0.3) is 10.9 Å². The van der Waals surface area contributed by atoms with Crippen molar-refractivity contribution >= 4 is 16.7 Å². The number of nitriles is 1. The summed E-state index contributed by atoms with van der Waals surface area (Å²) < 4.78 is 0. The third kappa shape index (κ3) is 1.72. The molecule has 4 nitrogen and oxygen atoms in total. The van der Waals surface area contributed by atoms with Gasteiger partial charge >= 0.3 is 0 Å². The van der Waals surface area contributed by atoms with Crippen LogP contribution in [0.2, 0.25) is 0 Å². The second-order valence-electron chi connectivity index (χ2n) is 3.10. The van der Waals surface area contributed by atoms with E-state index in [2.05, 4.69) is 21.4 Å². The number of aromatic nitrogens is 2. The molecule has 0 spiro atoms. The van der Waals surface area contributed by atoms with Crippen LogP contribution in [0.4, 0.5) is 5.82 Å². The molecular formula is C11H10N4. The van der Waals surface area contributed by atoms with Crippen molar-refractivity contribution in [3.05, 3.63) is 30.1 Å². The third-order valence-corrected chi connectivity index (χ3v) is 2.11. The molecule has 1 heterocycles. The van der Waals surface area contributed by atoms with Crippen LogP contribution in [0.1, 0.15) is 12.5 Å². The molecule has 0 unspecified atom stereocenters. The molecule has 74 valence electrons. The van der Waals surface area contributed by atoms with Gasteiger partial charge < -0.3 is 5.32 Å². The Labute approximate surface area is 87.6 Å². The topological polar surface area (TPSA) is 61.6 Å². The fraction of sp³-hybridized carbons (Fsp3) is 0.182. The second kappa shape index (κ2) is 3.93. The van der Waals surface area contributed by atoms with Gasteiger partial charge in [-0.2, -0.15) is 5.26 Å². The maximum absolute atomic E-state index is 8.81. The zero-order valence-corrected chi connectivity index (χ0v) is 8.36. The van der Waals surface area contributed by atoms with Gasteiger partial charge in [-0.25, -0.2) is 9.97 Å². The average Bonchev–Trinajstić information content (AvgIpc) is 2.29. The number of nitrogens with zero attached hydrogens (tertiary/aromatic N) is 3. The van der Waals surface area contributed by atoms with Crippen molar-refractivity contribution in [3.8, 4) is 6.07 Å². The lowest BCUT2D eigenvalue weighted by atomic mass is 10.1. The van der Waals surface area contributed by atoms with Gasteiger partial charge in [-0.05, 0) is 25.1 Å². The van der Waals surface area contributed by atoms with E-state index < -0.39 is 0 Å². The molecule has 2 rings (SSSR count). The smallest absolute Gasteiger partial charge is 0.137 e. The van der Waals surface area contributed by atoms with Crippen molar-refractivity contribution in [2.45, 2.75) is 6.92 Å². The standard InChI is InChI=1S/C11H10N4/c1-2-13-11-9-5-8(6-12)3-4-10(9)14-7-15-11/h3-5,7H,2H2,1H3,(H,13,14,15). The van der Waals surface area contributed by atoms with Gasteiger partial charge in [0.05, 0.1) is 17.1 Å². The van der Waals surface area contributed by atoms with E-state index >= 15 is 0 Å². The normalized spacial score (nSPS) is 9.87. The molecule has 0 aliphatic rings. The van der Waals surface area contributed by atoms with Crippen molar-refractivity contribution in [1.82, 2.24) is 9.97 Å². The summed E-state index contributed by atoms with van der Waals surface area (Å²) in [7, 11) is 0. The molecule has 15 heavy (non-hydrogen) atoms. The number of nitrogens with one attached hydrogen (secondary N) is 1. The molecule has 0 bridgehead atoms. The summed E-state index contributed by atoms with van der Waals surface area (Å²) >= 11 is 0. The van der Waals surface area contributed by atoms with Gasteiger partial charge in [0.15, 0.2) is 0 Å². The summed E-state index contributed by atoms with van der Waals surface area (Å²) in [6.07, 6.45) is 1.52. The molecule has 0 saturated heterocycles. The second-order valence-corrected chi connectivity index (χ2v) is 3.10. The van der Waals surface area contributed by atoms with Crippen LogP contribution in [0.15, 0.2) is 24.5 Å². The van der Waals surface area contributed by atoms with Gasteiger partial charge in [-0.3, -0.25) is 0 Å². The summed E-state index contributed by atoms with van der Waals surface area (Å²) in [5.74, 6) is 0.777. The Morgan fingerprint density at radius 3 is 3.00 bits per heavy atom. The van der Waals surface area contributed by atoms with Gasteiger partial charge in [0.25, 0.3) is 0 Å². The number of benzene rings is 1. The summed E-state index contributed by atoms with van der Waals surface area (Å²) in [5, 5.41) is 12.8. The van der Waals surface area contributed by atoms with E-state index in [1.54, 1.807) is 12.1 Å². The highest BCUT2D eigenvalue weighted by Gasteiger charge is 2.03. The van der Waals surface area contributed by atoms with Crippen LogP contribution < -0.4 is 5.32 Å². The van der Waals surface area contributed by atoms with E-state index in [0.29, 0.717) is 5.56 Å². The Balaban J connectivity index is 2.66. The van der Waals surface area contributed by atoms with Gasteiger partial charge in [-0.1, -0.05) is 0 Å². The number of hydrogen-bond donors (Lipinski definition) is 1. The Morgan fingerprint density at radius 1 is 1.40 bits per heavy atom. The van der Waals surface area contributed by atoms with Crippen LogP contribution in [-0.2, 0) is 0 Å². The van der Waals surface area contributed by atoms with Gasteiger partial charge in [0, 0.05) is 11.9 Å². The van der Waals surface area contributed by atoms with Gasteiger partial charge in [-0.15, -0.1) is 0 Å². The Kier molecular flexibility index (Phi) is 2.46. The summed E-state index contributed by atoms with van der Waals surface area (Å²) in [6, 6.07) is 7.49. The minimum atomic E-state index is 0.622. The van der Waals surface area contributed by atoms with Crippen LogP contribution in [-0.4, -0.2) is 16.5 Å². The molecule has 1 N–H and O–H groups in total. The minimum Gasteiger partial charge on any atom is -0.370 e. The fourth-order valence-electron chi connectivity index (χ4n) is 1.43. The average molecular weight is 198 g/mol. The first kappa shape index (κ1) is 9.41. The molecule has 1 aromatic carbocycles. The van der Waals surface area contributed by atoms with Crippen molar-refractivity contribution in [3.63, 3.8) is 0 Å². The highest BCUT2D eigenvalue weighted by Crippen LogP contribution is 2.19. The first-order valence-corrected chi connectivity index (χ1v) is 4.74. The van der Waals surface area contributed by atoms with E-state index in [-0.39, 0.29) is 0 Å². The van der Waals surface area contributed by atoms with Gasteiger partial charge in [0.1, 0.15) is 12.1 Å². The molecule has 0 radical (unpaired) electrons. The number of fused-ring (bicyclic) bond motifs is 1. The third-order valence-electron chi connectivity index (χ3n) is 2.11. The minimum absolute atomic E-state index is 0.622. The van der Waals surface area contributed by atoms with Crippen LogP contribution in [0.5, 0.6) is 0 Å². The Hall–Kier alpha value is -2.15. The predicted molar refractivity (Wildman–Crippen MR) is 58.4 cm³/mol. The Morgan fingerprint density at radius 2 is 2.27 bits per heavy atom. The maximum atomic E-state index is 8.81. The summed E-state index contributed by atoms with van der Waals surface area (Å²) in [6.45, 7) is 2.80. The molecule has 0 fully saturated rings. The monoisotopic (exact) mass is 198 g/mol. The van der Waals surface area contributed by atoms with Crippen LogP contribution >= 0.6 is 0 Å². The molecule has 2 aromatic rings. The van der Waals surface area contributed by atoms with Crippen molar-refractivity contribution in [2.75, 3.05) is 11.9 Å². The molecule has 0 aliphatic carbocycles. The van der Waals surface area contributed by atoms with E-state index in [9.17, 15) is 0 Å². The van der Waals surface area contributed by atoms with E-state index in [1.165, 1.54) is 6.33 Å². The van der Waals surface area contributed by atoms with Crippen LogP contribution in [0.3, 0.4) is 0 Å². The summed E-state index contributed by atoms with van der Waals surface area (Å²) in [5.41, 5.74) is 1.47.